The SMILES string of the molecule is O=C(Cc1ccccc1)N1CCC(C(O)C[C@H]2c3ccccc3-c3cncn32)CC1. The zero-order valence-electron chi connectivity index (χ0n) is 17.0. The molecule has 3 heterocycles. The van der Waals surface area contributed by atoms with Crippen LogP contribution in [-0.2, 0) is 11.2 Å². The average Bonchev–Trinajstić information content (AvgIpc) is 3.37. The predicted molar refractivity (Wildman–Crippen MR) is 116 cm³/mol. The van der Waals surface area contributed by atoms with E-state index in [9.17, 15) is 9.90 Å². The van der Waals surface area contributed by atoms with Gasteiger partial charge in [0, 0.05) is 18.7 Å². The van der Waals surface area contributed by atoms with E-state index in [4.69, 9.17) is 0 Å². The smallest absolute Gasteiger partial charge is 0.226 e. The standard InChI is InChI=1S/C25H27N3O2/c29-24(15-22-20-8-4-5-9-21(20)23-16-26-17-28(22)23)19-10-12-27(13-11-19)25(30)14-18-6-2-1-3-7-18/h1-9,16-17,19,22,24,29H,10-15H2/t22-,24?/m0/s1. The summed E-state index contributed by atoms with van der Waals surface area (Å²) in [7, 11) is 0. The summed E-state index contributed by atoms with van der Waals surface area (Å²) in [5, 5.41) is 11.0. The third-order valence-electron chi connectivity index (χ3n) is 6.70. The highest BCUT2D eigenvalue weighted by Crippen LogP contribution is 2.42. The van der Waals surface area contributed by atoms with Gasteiger partial charge in [-0.25, -0.2) is 4.98 Å². The van der Waals surface area contributed by atoms with Crippen LogP contribution in [0.4, 0.5) is 0 Å². The first-order valence-electron chi connectivity index (χ1n) is 10.8. The van der Waals surface area contributed by atoms with E-state index >= 15 is 0 Å². The number of nitrogens with zero attached hydrogens (tertiary/aromatic N) is 3. The van der Waals surface area contributed by atoms with Crippen molar-refractivity contribution in [3.63, 3.8) is 0 Å². The molecule has 5 nitrogen and oxygen atoms in total. The maximum absolute atomic E-state index is 12.6. The molecule has 1 aromatic heterocycles. The minimum atomic E-state index is -0.386. The lowest BCUT2D eigenvalue weighted by Crippen LogP contribution is -2.42. The number of benzene rings is 2. The summed E-state index contributed by atoms with van der Waals surface area (Å²) in [6, 6.07) is 18.4. The van der Waals surface area contributed by atoms with Gasteiger partial charge in [-0.2, -0.15) is 0 Å². The van der Waals surface area contributed by atoms with Gasteiger partial charge >= 0.3 is 0 Å². The lowest BCUT2D eigenvalue weighted by Gasteiger charge is -2.35. The summed E-state index contributed by atoms with van der Waals surface area (Å²) in [5.41, 5.74) is 4.67. The number of rotatable bonds is 5. The minimum absolute atomic E-state index is 0.131. The highest BCUT2D eigenvalue weighted by atomic mass is 16.3. The van der Waals surface area contributed by atoms with Crippen molar-refractivity contribution in [2.24, 2.45) is 5.92 Å². The van der Waals surface area contributed by atoms with Crippen LogP contribution in [0.25, 0.3) is 11.3 Å². The molecule has 30 heavy (non-hydrogen) atoms. The number of carbonyl (C=O) groups excluding carboxylic acids is 1. The molecular formula is C25H27N3O2. The van der Waals surface area contributed by atoms with E-state index in [-0.39, 0.29) is 24.0 Å². The number of piperidine rings is 1. The van der Waals surface area contributed by atoms with Crippen molar-refractivity contribution in [1.29, 1.82) is 0 Å². The number of amides is 1. The quantitative estimate of drug-likeness (QED) is 0.709. The maximum Gasteiger partial charge on any atom is 0.226 e. The molecule has 0 radical (unpaired) electrons. The number of carbonyl (C=O) groups is 1. The lowest BCUT2D eigenvalue weighted by atomic mass is 9.86. The Bertz CT molecular complexity index is 1020. The van der Waals surface area contributed by atoms with Gasteiger partial charge in [-0.3, -0.25) is 4.79 Å². The molecule has 0 spiro atoms. The first-order chi connectivity index (χ1) is 14.7. The fourth-order valence-electron chi connectivity index (χ4n) is 5.01. The molecule has 1 unspecified atom stereocenters. The fourth-order valence-corrected chi connectivity index (χ4v) is 5.01. The van der Waals surface area contributed by atoms with Crippen molar-refractivity contribution in [3.8, 4) is 11.3 Å². The van der Waals surface area contributed by atoms with Gasteiger partial charge in [0.1, 0.15) is 0 Å². The third-order valence-corrected chi connectivity index (χ3v) is 6.70. The van der Waals surface area contributed by atoms with Gasteiger partial charge in [0.15, 0.2) is 0 Å². The second-order valence-corrected chi connectivity index (χ2v) is 8.47. The predicted octanol–water partition coefficient (Wildman–Crippen LogP) is 3.69. The van der Waals surface area contributed by atoms with Crippen molar-refractivity contribution < 1.29 is 9.90 Å². The molecule has 154 valence electrons. The minimum Gasteiger partial charge on any atom is -0.393 e. The molecule has 0 aliphatic carbocycles. The average molecular weight is 402 g/mol. The van der Waals surface area contributed by atoms with Gasteiger partial charge in [0.2, 0.25) is 5.91 Å². The van der Waals surface area contributed by atoms with E-state index in [2.05, 4.69) is 33.8 Å². The molecule has 2 aromatic carbocycles. The molecule has 1 saturated heterocycles. The van der Waals surface area contributed by atoms with Crippen molar-refractivity contribution in [2.75, 3.05) is 13.1 Å². The van der Waals surface area contributed by atoms with Gasteiger partial charge in [-0.1, -0.05) is 54.6 Å². The number of hydrogen-bond acceptors (Lipinski definition) is 3. The van der Waals surface area contributed by atoms with E-state index in [0.717, 1.165) is 37.2 Å². The van der Waals surface area contributed by atoms with Gasteiger partial charge in [0.25, 0.3) is 0 Å². The Labute approximate surface area is 177 Å². The van der Waals surface area contributed by atoms with Crippen LogP contribution in [0.2, 0.25) is 0 Å². The van der Waals surface area contributed by atoms with E-state index < -0.39 is 0 Å². The maximum atomic E-state index is 12.6. The largest absolute Gasteiger partial charge is 0.393 e. The topological polar surface area (TPSA) is 58.4 Å². The Morgan fingerprint density at radius 2 is 1.80 bits per heavy atom. The summed E-state index contributed by atoms with van der Waals surface area (Å²) >= 11 is 0. The van der Waals surface area contributed by atoms with Crippen molar-refractivity contribution in [2.45, 2.75) is 37.8 Å². The van der Waals surface area contributed by atoms with E-state index in [1.54, 1.807) is 0 Å². The van der Waals surface area contributed by atoms with Crippen LogP contribution in [0.3, 0.4) is 0 Å². The van der Waals surface area contributed by atoms with E-state index in [1.807, 2.05) is 47.8 Å². The molecular weight excluding hydrogens is 374 g/mol. The molecule has 1 amide bonds. The Balaban J connectivity index is 1.20. The lowest BCUT2D eigenvalue weighted by molar-refractivity contribution is -0.132. The summed E-state index contributed by atoms with van der Waals surface area (Å²) in [6.45, 7) is 1.45. The van der Waals surface area contributed by atoms with Crippen molar-refractivity contribution in [1.82, 2.24) is 14.5 Å². The highest BCUT2D eigenvalue weighted by Gasteiger charge is 2.33. The Morgan fingerprint density at radius 1 is 1.07 bits per heavy atom. The van der Waals surface area contributed by atoms with Crippen LogP contribution in [0.1, 0.15) is 36.4 Å². The normalized spacial score (nSPS) is 19.4. The van der Waals surface area contributed by atoms with Crippen LogP contribution < -0.4 is 0 Å². The Hall–Kier alpha value is -2.92. The second kappa shape index (κ2) is 8.07. The molecule has 5 heteroatoms. The monoisotopic (exact) mass is 401 g/mol. The molecule has 1 N–H and O–H groups in total. The molecule has 2 atom stereocenters. The number of likely N-dealkylation sites (tertiary alicyclic amines) is 1. The third kappa shape index (κ3) is 3.54. The number of aliphatic hydroxyl groups excluding tert-OH is 1. The van der Waals surface area contributed by atoms with E-state index in [0.29, 0.717) is 12.8 Å². The van der Waals surface area contributed by atoms with Gasteiger partial charge in [-0.05, 0) is 36.3 Å². The fraction of sp³-hybridized carbons (Fsp3) is 0.360. The molecule has 2 aliphatic rings. The van der Waals surface area contributed by atoms with Gasteiger partial charge in [-0.15, -0.1) is 0 Å². The van der Waals surface area contributed by atoms with Crippen LogP contribution in [0, 0.1) is 5.92 Å². The van der Waals surface area contributed by atoms with Crippen LogP contribution >= 0.6 is 0 Å². The number of aliphatic hydroxyl groups is 1. The van der Waals surface area contributed by atoms with Crippen molar-refractivity contribution in [3.05, 3.63) is 78.2 Å². The van der Waals surface area contributed by atoms with Crippen LogP contribution in [0.15, 0.2) is 67.1 Å². The van der Waals surface area contributed by atoms with E-state index in [1.165, 1.54) is 11.1 Å². The first kappa shape index (κ1) is 19.1. The Kier molecular flexibility index (Phi) is 5.13. The molecule has 2 aliphatic heterocycles. The first-order valence-corrected chi connectivity index (χ1v) is 10.8. The number of imidazole rings is 1. The zero-order chi connectivity index (χ0) is 20.5. The second-order valence-electron chi connectivity index (χ2n) is 8.47. The summed E-state index contributed by atoms with van der Waals surface area (Å²) < 4.78 is 2.19. The summed E-state index contributed by atoms with van der Waals surface area (Å²) in [6.07, 6.45) is 6.24. The van der Waals surface area contributed by atoms with Crippen LogP contribution in [-0.4, -0.2) is 44.7 Å². The summed E-state index contributed by atoms with van der Waals surface area (Å²) in [5.74, 6) is 0.410. The molecule has 3 aromatic rings. The summed E-state index contributed by atoms with van der Waals surface area (Å²) in [4.78, 5) is 18.9. The van der Waals surface area contributed by atoms with Gasteiger partial charge in [0.05, 0.1) is 36.8 Å². The highest BCUT2D eigenvalue weighted by molar-refractivity contribution is 5.78. The van der Waals surface area contributed by atoms with Crippen molar-refractivity contribution >= 4 is 5.91 Å². The zero-order valence-corrected chi connectivity index (χ0v) is 17.0. The number of aromatic nitrogens is 2. The molecule has 5 rings (SSSR count). The van der Waals surface area contributed by atoms with Gasteiger partial charge < -0.3 is 14.6 Å². The molecule has 0 saturated carbocycles. The number of hydrogen-bond donors (Lipinski definition) is 1. The van der Waals surface area contributed by atoms with Crippen LogP contribution in [0.5, 0.6) is 0 Å². The Morgan fingerprint density at radius 3 is 2.60 bits per heavy atom. The molecule has 0 bridgehead atoms. The molecule has 1 fully saturated rings. The number of fused-ring (bicyclic) bond motifs is 3.